The second kappa shape index (κ2) is 3.57. The Balaban J connectivity index is 2.28. The van der Waals surface area contributed by atoms with Gasteiger partial charge in [-0.1, -0.05) is 12.1 Å². The maximum atomic E-state index is 12.0. The van der Waals surface area contributed by atoms with Gasteiger partial charge in [0.2, 0.25) is 0 Å². The molecule has 0 bridgehead atoms. The number of carbonyl (C=O) groups excluding carboxylic acids is 1. The summed E-state index contributed by atoms with van der Waals surface area (Å²) >= 11 is 0. The first kappa shape index (κ1) is 10.0. The minimum Gasteiger partial charge on any atom is -0.507 e. The van der Waals surface area contributed by atoms with Crippen LogP contribution in [-0.4, -0.2) is 29.0 Å². The van der Waals surface area contributed by atoms with E-state index in [2.05, 4.69) is 0 Å². The smallest absolute Gasteiger partial charge is 0.257 e. The molecule has 1 aromatic carbocycles. The molecule has 0 spiro atoms. The van der Waals surface area contributed by atoms with E-state index in [4.69, 9.17) is 0 Å². The Morgan fingerprint density at radius 2 is 2.13 bits per heavy atom. The number of benzene rings is 1. The van der Waals surface area contributed by atoms with E-state index in [9.17, 15) is 9.90 Å². The van der Waals surface area contributed by atoms with Gasteiger partial charge in [0.1, 0.15) is 5.75 Å². The predicted molar refractivity (Wildman–Crippen MR) is 58.0 cm³/mol. The minimum atomic E-state index is -0.0845. The standard InChI is InChI=1S/C12H15NO2/c1-8-4-3-5-10(11(8)14)12(15)13(2)9-6-7-9/h3-5,9,14H,6-7H2,1-2H3. The summed E-state index contributed by atoms with van der Waals surface area (Å²) in [5, 5.41) is 9.77. The van der Waals surface area contributed by atoms with Crippen molar-refractivity contribution in [1.82, 2.24) is 4.90 Å². The van der Waals surface area contributed by atoms with Crippen LogP contribution in [0.25, 0.3) is 0 Å². The number of nitrogens with zero attached hydrogens (tertiary/aromatic N) is 1. The molecule has 80 valence electrons. The number of hydrogen-bond acceptors (Lipinski definition) is 2. The lowest BCUT2D eigenvalue weighted by Crippen LogP contribution is -2.28. The number of amides is 1. The summed E-state index contributed by atoms with van der Waals surface area (Å²) < 4.78 is 0. The van der Waals surface area contributed by atoms with Crippen LogP contribution in [0.3, 0.4) is 0 Å². The molecule has 1 aliphatic carbocycles. The van der Waals surface area contributed by atoms with Crippen molar-refractivity contribution in [2.75, 3.05) is 7.05 Å². The van der Waals surface area contributed by atoms with Gasteiger partial charge < -0.3 is 10.0 Å². The highest BCUT2D eigenvalue weighted by Gasteiger charge is 2.31. The first-order chi connectivity index (χ1) is 7.11. The van der Waals surface area contributed by atoms with Crippen LogP contribution in [-0.2, 0) is 0 Å². The zero-order valence-corrected chi connectivity index (χ0v) is 9.03. The Labute approximate surface area is 89.3 Å². The lowest BCUT2D eigenvalue weighted by molar-refractivity contribution is 0.0782. The van der Waals surface area contributed by atoms with Gasteiger partial charge in [-0.2, -0.15) is 0 Å². The third-order valence-electron chi connectivity index (χ3n) is 2.88. The van der Waals surface area contributed by atoms with Crippen LogP contribution in [0.2, 0.25) is 0 Å². The fourth-order valence-electron chi connectivity index (χ4n) is 1.65. The first-order valence-electron chi connectivity index (χ1n) is 5.17. The molecule has 0 unspecified atom stereocenters. The highest BCUT2D eigenvalue weighted by molar-refractivity contribution is 5.97. The van der Waals surface area contributed by atoms with E-state index >= 15 is 0 Å². The predicted octanol–water partition coefficient (Wildman–Crippen LogP) is 1.94. The molecule has 0 heterocycles. The molecule has 0 saturated heterocycles. The molecule has 1 N–H and O–H groups in total. The molecule has 3 nitrogen and oxygen atoms in total. The van der Waals surface area contributed by atoms with Crippen LogP contribution in [0.4, 0.5) is 0 Å². The summed E-state index contributed by atoms with van der Waals surface area (Å²) in [5.74, 6) is 0.0219. The largest absolute Gasteiger partial charge is 0.507 e. The van der Waals surface area contributed by atoms with Crippen molar-refractivity contribution in [1.29, 1.82) is 0 Å². The summed E-state index contributed by atoms with van der Waals surface area (Å²) in [5.41, 5.74) is 1.15. The third kappa shape index (κ3) is 1.82. The maximum Gasteiger partial charge on any atom is 0.257 e. The van der Waals surface area contributed by atoms with Crippen molar-refractivity contribution in [2.24, 2.45) is 0 Å². The van der Waals surface area contributed by atoms with Gasteiger partial charge in [-0.05, 0) is 31.4 Å². The summed E-state index contributed by atoms with van der Waals surface area (Å²) in [4.78, 5) is 13.7. The number of rotatable bonds is 2. The zero-order valence-electron chi connectivity index (χ0n) is 9.03. The molecule has 0 radical (unpaired) electrons. The average molecular weight is 205 g/mol. The Kier molecular flexibility index (Phi) is 2.39. The molecule has 15 heavy (non-hydrogen) atoms. The topological polar surface area (TPSA) is 40.5 Å². The van der Waals surface area contributed by atoms with E-state index in [1.54, 1.807) is 37.1 Å². The van der Waals surface area contributed by atoms with Crippen LogP contribution in [0.15, 0.2) is 18.2 Å². The number of para-hydroxylation sites is 1. The zero-order chi connectivity index (χ0) is 11.0. The Morgan fingerprint density at radius 1 is 1.47 bits per heavy atom. The Hall–Kier alpha value is -1.51. The van der Waals surface area contributed by atoms with Crippen molar-refractivity contribution in [3.05, 3.63) is 29.3 Å². The lowest BCUT2D eigenvalue weighted by atomic mass is 10.1. The van der Waals surface area contributed by atoms with E-state index < -0.39 is 0 Å². The maximum absolute atomic E-state index is 12.0. The van der Waals surface area contributed by atoms with Gasteiger partial charge >= 0.3 is 0 Å². The fraction of sp³-hybridized carbons (Fsp3) is 0.417. The number of phenols is 1. The molecule has 3 heteroatoms. The molecular formula is C12H15NO2. The number of carbonyl (C=O) groups is 1. The monoisotopic (exact) mass is 205 g/mol. The van der Waals surface area contributed by atoms with Crippen molar-refractivity contribution in [3.8, 4) is 5.75 Å². The van der Waals surface area contributed by atoms with Gasteiger partial charge in [-0.15, -0.1) is 0 Å². The van der Waals surface area contributed by atoms with Crippen LogP contribution in [0.1, 0.15) is 28.8 Å². The van der Waals surface area contributed by atoms with E-state index in [-0.39, 0.29) is 11.7 Å². The van der Waals surface area contributed by atoms with E-state index in [0.29, 0.717) is 11.6 Å². The van der Waals surface area contributed by atoms with Gasteiger partial charge in [0, 0.05) is 13.1 Å². The summed E-state index contributed by atoms with van der Waals surface area (Å²) in [7, 11) is 1.79. The van der Waals surface area contributed by atoms with Crippen LogP contribution in [0, 0.1) is 6.92 Å². The SMILES string of the molecule is Cc1cccc(C(=O)N(C)C2CC2)c1O. The van der Waals surface area contributed by atoms with E-state index in [1.165, 1.54) is 0 Å². The van der Waals surface area contributed by atoms with Gasteiger partial charge in [-0.3, -0.25) is 4.79 Å². The van der Waals surface area contributed by atoms with Gasteiger partial charge in [0.25, 0.3) is 5.91 Å². The molecule has 1 aromatic rings. The summed E-state index contributed by atoms with van der Waals surface area (Å²) in [6.45, 7) is 1.79. The van der Waals surface area contributed by atoms with Crippen molar-refractivity contribution < 1.29 is 9.90 Å². The van der Waals surface area contributed by atoms with Crippen molar-refractivity contribution >= 4 is 5.91 Å². The molecular weight excluding hydrogens is 190 g/mol. The number of hydrogen-bond donors (Lipinski definition) is 1. The minimum absolute atomic E-state index is 0.0845. The molecule has 1 saturated carbocycles. The fourth-order valence-corrected chi connectivity index (χ4v) is 1.65. The molecule has 0 aliphatic heterocycles. The lowest BCUT2D eigenvalue weighted by Gasteiger charge is -2.17. The highest BCUT2D eigenvalue weighted by atomic mass is 16.3. The Morgan fingerprint density at radius 3 is 2.73 bits per heavy atom. The summed E-state index contributed by atoms with van der Waals surface area (Å²) in [6, 6.07) is 5.63. The number of aryl methyl sites for hydroxylation is 1. The second-order valence-electron chi connectivity index (χ2n) is 4.12. The van der Waals surface area contributed by atoms with E-state index in [1.807, 2.05) is 0 Å². The normalized spacial score (nSPS) is 15.1. The van der Waals surface area contributed by atoms with Gasteiger partial charge in [-0.25, -0.2) is 0 Å². The number of aromatic hydroxyl groups is 1. The first-order valence-corrected chi connectivity index (χ1v) is 5.17. The van der Waals surface area contributed by atoms with Crippen molar-refractivity contribution in [3.63, 3.8) is 0 Å². The van der Waals surface area contributed by atoms with Gasteiger partial charge in [0.05, 0.1) is 5.56 Å². The van der Waals surface area contributed by atoms with Crippen LogP contribution < -0.4 is 0 Å². The molecule has 1 aliphatic rings. The molecule has 0 atom stereocenters. The quantitative estimate of drug-likeness (QED) is 0.801. The molecule has 1 fully saturated rings. The molecule has 2 rings (SSSR count). The second-order valence-corrected chi connectivity index (χ2v) is 4.12. The molecule has 0 aromatic heterocycles. The highest BCUT2D eigenvalue weighted by Crippen LogP contribution is 2.29. The van der Waals surface area contributed by atoms with Gasteiger partial charge in [0.15, 0.2) is 0 Å². The van der Waals surface area contributed by atoms with Crippen LogP contribution in [0.5, 0.6) is 5.75 Å². The Bertz CT molecular complexity index is 397. The average Bonchev–Trinajstić information content (AvgIpc) is 3.03. The number of phenolic OH excluding ortho intramolecular Hbond substituents is 1. The summed E-state index contributed by atoms with van der Waals surface area (Å²) in [6.07, 6.45) is 2.16. The molecule has 1 amide bonds. The van der Waals surface area contributed by atoms with Crippen LogP contribution >= 0.6 is 0 Å². The van der Waals surface area contributed by atoms with Crippen molar-refractivity contribution in [2.45, 2.75) is 25.8 Å². The third-order valence-corrected chi connectivity index (χ3v) is 2.88. The van der Waals surface area contributed by atoms with E-state index in [0.717, 1.165) is 18.4 Å².